The molecular formula is C14H21NO4. The lowest BCUT2D eigenvalue weighted by Crippen LogP contribution is -2.29. The number of methoxy groups -OCH3 is 2. The Morgan fingerprint density at radius 1 is 1.32 bits per heavy atom. The second kappa shape index (κ2) is 8.50. The Labute approximate surface area is 113 Å². The van der Waals surface area contributed by atoms with Gasteiger partial charge in [-0.3, -0.25) is 0 Å². The van der Waals surface area contributed by atoms with Crippen molar-refractivity contribution in [1.29, 1.82) is 0 Å². The maximum Gasteiger partial charge on any atom is 0.332 e. The Balaban J connectivity index is 2.31. The first-order chi connectivity index (χ1) is 9.17. The second-order valence-electron chi connectivity index (χ2n) is 4.18. The molecule has 0 aliphatic rings. The lowest BCUT2D eigenvalue weighted by molar-refractivity contribution is -0.152. The van der Waals surface area contributed by atoms with Crippen LogP contribution in [0.5, 0.6) is 5.75 Å². The van der Waals surface area contributed by atoms with Gasteiger partial charge in [0.2, 0.25) is 0 Å². The zero-order valence-corrected chi connectivity index (χ0v) is 11.6. The van der Waals surface area contributed by atoms with E-state index in [9.17, 15) is 4.79 Å². The van der Waals surface area contributed by atoms with Crippen molar-refractivity contribution >= 4 is 5.97 Å². The van der Waals surface area contributed by atoms with Crippen LogP contribution >= 0.6 is 0 Å². The number of carbonyl (C=O) groups is 1. The first kappa shape index (κ1) is 15.5. The predicted octanol–water partition coefficient (Wildman–Crippen LogP) is 1.36. The monoisotopic (exact) mass is 267 g/mol. The molecule has 0 spiro atoms. The number of carbonyl (C=O) groups excluding carboxylic acids is 1. The van der Waals surface area contributed by atoms with Crippen molar-refractivity contribution in [3.05, 3.63) is 29.8 Å². The maximum absolute atomic E-state index is 11.2. The Hall–Kier alpha value is -1.59. The molecule has 5 heteroatoms. The van der Waals surface area contributed by atoms with Gasteiger partial charge in [0.05, 0.1) is 7.11 Å². The van der Waals surface area contributed by atoms with Crippen molar-refractivity contribution in [2.45, 2.75) is 19.6 Å². The number of hydrogen-bond acceptors (Lipinski definition) is 5. The Morgan fingerprint density at radius 2 is 2.05 bits per heavy atom. The van der Waals surface area contributed by atoms with Crippen LogP contribution in [0.15, 0.2) is 24.3 Å². The number of para-hydroxylation sites is 1. The summed E-state index contributed by atoms with van der Waals surface area (Å²) in [7, 11) is 3.11. The number of nitrogens with one attached hydrogen (secondary N) is 1. The van der Waals surface area contributed by atoms with Crippen molar-refractivity contribution in [2.75, 3.05) is 27.4 Å². The molecule has 0 aliphatic heterocycles. The molecule has 1 aromatic rings. The van der Waals surface area contributed by atoms with Crippen LogP contribution < -0.4 is 10.1 Å². The van der Waals surface area contributed by atoms with E-state index in [1.54, 1.807) is 7.11 Å². The van der Waals surface area contributed by atoms with Crippen molar-refractivity contribution < 1.29 is 19.0 Å². The number of rotatable bonds is 8. The average molecular weight is 267 g/mol. The third-order valence-corrected chi connectivity index (χ3v) is 2.53. The van der Waals surface area contributed by atoms with Gasteiger partial charge in [-0.15, -0.1) is 0 Å². The normalized spacial score (nSPS) is 11.9. The van der Waals surface area contributed by atoms with E-state index in [4.69, 9.17) is 14.2 Å². The zero-order chi connectivity index (χ0) is 14.1. The van der Waals surface area contributed by atoms with Gasteiger partial charge in [0, 0.05) is 25.8 Å². The fourth-order valence-corrected chi connectivity index (χ4v) is 1.68. The van der Waals surface area contributed by atoms with Crippen molar-refractivity contribution in [3.8, 4) is 5.75 Å². The summed E-state index contributed by atoms with van der Waals surface area (Å²) >= 11 is 0. The van der Waals surface area contributed by atoms with Gasteiger partial charge < -0.3 is 19.5 Å². The van der Waals surface area contributed by atoms with E-state index in [2.05, 4.69) is 5.32 Å². The summed E-state index contributed by atoms with van der Waals surface area (Å²) < 4.78 is 15.1. The molecule has 1 unspecified atom stereocenters. The summed E-state index contributed by atoms with van der Waals surface area (Å²) in [6.45, 7) is 3.06. The number of esters is 1. The summed E-state index contributed by atoms with van der Waals surface area (Å²) in [6.07, 6.45) is -0.197. The van der Waals surface area contributed by atoms with Crippen LogP contribution in [0.2, 0.25) is 0 Å². The molecule has 0 bridgehead atoms. The van der Waals surface area contributed by atoms with E-state index < -0.39 is 0 Å². The smallest absolute Gasteiger partial charge is 0.332 e. The van der Waals surface area contributed by atoms with Gasteiger partial charge in [0.25, 0.3) is 0 Å². The highest BCUT2D eigenvalue weighted by Gasteiger charge is 2.09. The van der Waals surface area contributed by atoms with Crippen LogP contribution in [0.4, 0.5) is 0 Å². The zero-order valence-electron chi connectivity index (χ0n) is 11.6. The van der Waals surface area contributed by atoms with E-state index in [0.717, 1.165) is 11.3 Å². The number of hydrogen-bond donors (Lipinski definition) is 1. The molecule has 0 saturated carbocycles. The minimum absolute atomic E-state index is 0.0170. The molecule has 0 fully saturated rings. The average Bonchev–Trinajstić information content (AvgIpc) is 2.39. The molecule has 1 N–H and O–H groups in total. The molecule has 0 aliphatic carbocycles. The summed E-state index contributed by atoms with van der Waals surface area (Å²) in [5.74, 6) is 0.494. The molecule has 106 valence electrons. The molecule has 0 heterocycles. The minimum atomic E-state index is -0.353. The van der Waals surface area contributed by atoms with Gasteiger partial charge in [-0.2, -0.15) is 0 Å². The second-order valence-corrected chi connectivity index (χ2v) is 4.18. The minimum Gasteiger partial charge on any atom is -0.496 e. The van der Waals surface area contributed by atoms with Crippen LogP contribution in [0.1, 0.15) is 12.5 Å². The van der Waals surface area contributed by atoms with E-state index >= 15 is 0 Å². The summed E-state index contributed by atoms with van der Waals surface area (Å²) in [5, 5.41) is 3.23. The Bertz CT molecular complexity index is 395. The predicted molar refractivity (Wildman–Crippen MR) is 72.1 cm³/mol. The van der Waals surface area contributed by atoms with Gasteiger partial charge >= 0.3 is 5.97 Å². The van der Waals surface area contributed by atoms with E-state index in [0.29, 0.717) is 13.1 Å². The quantitative estimate of drug-likeness (QED) is 0.721. The van der Waals surface area contributed by atoms with Gasteiger partial charge in [0.15, 0.2) is 0 Å². The Kier molecular flexibility index (Phi) is 6.92. The third-order valence-electron chi connectivity index (χ3n) is 2.53. The molecule has 0 amide bonds. The SMILES string of the molecule is COCC(=O)OC(C)CNCc1ccccc1OC. The lowest BCUT2D eigenvalue weighted by atomic mass is 10.2. The van der Waals surface area contributed by atoms with Crippen molar-refractivity contribution in [1.82, 2.24) is 5.32 Å². The molecule has 19 heavy (non-hydrogen) atoms. The number of ether oxygens (including phenoxy) is 3. The lowest BCUT2D eigenvalue weighted by Gasteiger charge is -2.14. The highest BCUT2D eigenvalue weighted by Crippen LogP contribution is 2.16. The molecule has 0 aromatic heterocycles. The molecular weight excluding hydrogens is 246 g/mol. The van der Waals surface area contributed by atoms with E-state index in [1.165, 1.54) is 7.11 Å². The number of benzene rings is 1. The fourth-order valence-electron chi connectivity index (χ4n) is 1.68. The molecule has 0 radical (unpaired) electrons. The fraction of sp³-hybridized carbons (Fsp3) is 0.500. The molecule has 1 aromatic carbocycles. The van der Waals surface area contributed by atoms with Crippen LogP contribution in [-0.2, 0) is 20.8 Å². The van der Waals surface area contributed by atoms with E-state index in [-0.39, 0.29) is 18.7 Å². The van der Waals surface area contributed by atoms with Gasteiger partial charge in [-0.05, 0) is 13.0 Å². The van der Waals surface area contributed by atoms with Gasteiger partial charge in [0.1, 0.15) is 18.5 Å². The largest absolute Gasteiger partial charge is 0.496 e. The highest BCUT2D eigenvalue weighted by molar-refractivity contribution is 5.70. The standard InChI is InChI=1S/C14H21NO4/c1-11(19-14(16)10-17-2)8-15-9-12-6-4-5-7-13(12)18-3/h4-7,11,15H,8-10H2,1-3H3. The summed E-state index contributed by atoms with van der Waals surface area (Å²) in [6, 6.07) is 7.80. The first-order valence-electron chi connectivity index (χ1n) is 6.18. The molecule has 1 rings (SSSR count). The van der Waals surface area contributed by atoms with Gasteiger partial charge in [-0.1, -0.05) is 18.2 Å². The Morgan fingerprint density at radius 3 is 2.74 bits per heavy atom. The summed E-state index contributed by atoms with van der Waals surface area (Å²) in [5.41, 5.74) is 1.07. The van der Waals surface area contributed by atoms with Gasteiger partial charge in [-0.25, -0.2) is 4.79 Å². The van der Waals surface area contributed by atoms with E-state index in [1.807, 2.05) is 31.2 Å². The van der Waals surface area contributed by atoms with Crippen LogP contribution in [0, 0.1) is 0 Å². The molecule has 5 nitrogen and oxygen atoms in total. The first-order valence-corrected chi connectivity index (χ1v) is 6.18. The highest BCUT2D eigenvalue weighted by atomic mass is 16.6. The summed E-state index contributed by atoms with van der Waals surface area (Å²) in [4.78, 5) is 11.2. The topological polar surface area (TPSA) is 56.8 Å². The van der Waals surface area contributed by atoms with Crippen LogP contribution in [0.25, 0.3) is 0 Å². The maximum atomic E-state index is 11.2. The van der Waals surface area contributed by atoms with Crippen LogP contribution in [0.3, 0.4) is 0 Å². The van der Waals surface area contributed by atoms with Crippen molar-refractivity contribution in [2.24, 2.45) is 0 Å². The third kappa shape index (κ3) is 5.72. The van der Waals surface area contributed by atoms with Crippen LogP contribution in [-0.4, -0.2) is 39.4 Å². The van der Waals surface area contributed by atoms with Crippen molar-refractivity contribution in [3.63, 3.8) is 0 Å². The molecule has 0 saturated heterocycles. The molecule has 1 atom stereocenters.